The van der Waals surface area contributed by atoms with Crippen LogP contribution in [0.2, 0.25) is 0 Å². The van der Waals surface area contributed by atoms with E-state index in [2.05, 4.69) is 11.8 Å². The lowest BCUT2D eigenvalue weighted by Gasteiger charge is -2.27. The molecule has 4 nitrogen and oxygen atoms in total. The molecule has 0 aliphatic carbocycles. The molecule has 0 aliphatic heterocycles. The molecule has 0 fully saturated rings. The van der Waals surface area contributed by atoms with Crippen LogP contribution in [0, 0.1) is 23.6 Å². The Morgan fingerprint density at radius 2 is 1.95 bits per heavy atom. The molecule has 116 valence electrons. The standard InChI is InChI=1S/C15H21FN2O2S/c1-11(2)12(3)18(4)21(19,20)15-8-7-13(6-5-9-17)10-14(15)16/h7-8,10-12H,9,17H2,1-4H3. The number of nitrogens with zero attached hydrogens (tertiary/aromatic N) is 1. The van der Waals surface area contributed by atoms with E-state index in [-0.39, 0.29) is 23.4 Å². The highest BCUT2D eigenvalue weighted by molar-refractivity contribution is 7.89. The van der Waals surface area contributed by atoms with E-state index in [1.54, 1.807) is 6.92 Å². The minimum Gasteiger partial charge on any atom is -0.320 e. The summed E-state index contributed by atoms with van der Waals surface area (Å²) in [5.74, 6) is 4.59. The number of benzene rings is 1. The molecule has 1 aromatic carbocycles. The molecule has 1 atom stereocenters. The first kappa shape index (κ1) is 17.6. The Morgan fingerprint density at radius 1 is 1.33 bits per heavy atom. The van der Waals surface area contributed by atoms with Crippen LogP contribution < -0.4 is 5.73 Å². The molecular formula is C15H21FN2O2S. The molecule has 1 aromatic rings. The minimum atomic E-state index is -3.87. The van der Waals surface area contributed by atoms with Crippen LogP contribution in [0.5, 0.6) is 0 Å². The highest BCUT2D eigenvalue weighted by Crippen LogP contribution is 2.23. The topological polar surface area (TPSA) is 63.4 Å². The van der Waals surface area contributed by atoms with Gasteiger partial charge >= 0.3 is 0 Å². The molecule has 0 heterocycles. The maximum Gasteiger partial charge on any atom is 0.245 e. The second-order valence-corrected chi connectivity index (χ2v) is 7.12. The third kappa shape index (κ3) is 4.03. The van der Waals surface area contributed by atoms with Gasteiger partial charge in [-0.05, 0) is 31.0 Å². The smallest absolute Gasteiger partial charge is 0.245 e. The van der Waals surface area contributed by atoms with Gasteiger partial charge in [0.25, 0.3) is 0 Å². The van der Waals surface area contributed by atoms with Gasteiger partial charge in [-0.15, -0.1) is 0 Å². The number of nitrogens with two attached hydrogens (primary N) is 1. The van der Waals surface area contributed by atoms with Crippen molar-refractivity contribution in [3.8, 4) is 11.8 Å². The largest absolute Gasteiger partial charge is 0.320 e. The summed E-state index contributed by atoms with van der Waals surface area (Å²) >= 11 is 0. The van der Waals surface area contributed by atoms with Crippen LogP contribution in [-0.2, 0) is 10.0 Å². The van der Waals surface area contributed by atoms with Crippen LogP contribution in [0.1, 0.15) is 26.3 Å². The Morgan fingerprint density at radius 3 is 2.43 bits per heavy atom. The molecule has 0 aliphatic rings. The first-order chi connectivity index (χ1) is 9.71. The van der Waals surface area contributed by atoms with Crippen molar-refractivity contribution in [1.29, 1.82) is 0 Å². The number of halogens is 1. The number of rotatable bonds is 4. The number of hydrogen-bond donors (Lipinski definition) is 1. The zero-order valence-electron chi connectivity index (χ0n) is 12.7. The van der Waals surface area contributed by atoms with Crippen molar-refractivity contribution in [2.75, 3.05) is 13.6 Å². The average Bonchev–Trinajstić information content (AvgIpc) is 2.42. The highest BCUT2D eigenvalue weighted by Gasteiger charge is 2.29. The molecule has 6 heteroatoms. The third-order valence-corrected chi connectivity index (χ3v) is 5.44. The van der Waals surface area contributed by atoms with Gasteiger partial charge in [0.05, 0.1) is 6.54 Å². The summed E-state index contributed by atoms with van der Waals surface area (Å²) in [7, 11) is -2.41. The van der Waals surface area contributed by atoms with Crippen molar-refractivity contribution in [3.63, 3.8) is 0 Å². The molecule has 21 heavy (non-hydrogen) atoms. The van der Waals surface area contributed by atoms with Gasteiger partial charge in [-0.3, -0.25) is 0 Å². The molecule has 0 saturated carbocycles. The predicted octanol–water partition coefficient (Wildman–Crippen LogP) is 1.80. The Kier molecular flexibility index (Phi) is 5.90. The van der Waals surface area contributed by atoms with Gasteiger partial charge in [0.1, 0.15) is 10.7 Å². The summed E-state index contributed by atoms with van der Waals surface area (Å²) in [5, 5.41) is 0. The van der Waals surface area contributed by atoms with E-state index in [1.807, 2.05) is 13.8 Å². The molecule has 0 aromatic heterocycles. The Balaban J connectivity index is 3.21. The first-order valence-electron chi connectivity index (χ1n) is 6.68. The van der Waals surface area contributed by atoms with Gasteiger partial charge in [0, 0.05) is 18.7 Å². The fraction of sp³-hybridized carbons (Fsp3) is 0.467. The van der Waals surface area contributed by atoms with Crippen LogP contribution in [-0.4, -0.2) is 32.4 Å². The highest BCUT2D eigenvalue weighted by atomic mass is 32.2. The monoisotopic (exact) mass is 312 g/mol. The van der Waals surface area contributed by atoms with Crippen molar-refractivity contribution < 1.29 is 12.8 Å². The van der Waals surface area contributed by atoms with Crippen LogP contribution in [0.25, 0.3) is 0 Å². The summed E-state index contributed by atoms with van der Waals surface area (Å²) in [5.41, 5.74) is 5.64. The quantitative estimate of drug-likeness (QED) is 0.862. The van der Waals surface area contributed by atoms with Crippen LogP contribution >= 0.6 is 0 Å². The summed E-state index contributed by atoms with van der Waals surface area (Å²) in [6.07, 6.45) is 0. The van der Waals surface area contributed by atoms with E-state index in [4.69, 9.17) is 5.73 Å². The summed E-state index contributed by atoms with van der Waals surface area (Å²) in [6.45, 7) is 5.79. The molecule has 0 amide bonds. The van der Waals surface area contributed by atoms with Gasteiger partial charge < -0.3 is 5.73 Å². The van der Waals surface area contributed by atoms with Crippen molar-refractivity contribution in [1.82, 2.24) is 4.31 Å². The number of sulfonamides is 1. The maximum atomic E-state index is 14.1. The van der Waals surface area contributed by atoms with Crippen LogP contribution in [0.4, 0.5) is 4.39 Å². The molecule has 0 spiro atoms. The second-order valence-electron chi connectivity index (χ2n) is 5.16. The SMILES string of the molecule is CC(C)C(C)N(C)S(=O)(=O)c1ccc(C#CCN)cc1F. The molecule has 0 bridgehead atoms. The van der Waals surface area contributed by atoms with Crippen molar-refractivity contribution in [2.45, 2.75) is 31.7 Å². The molecule has 1 rings (SSSR count). The maximum absolute atomic E-state index is 14.1. The predicted molar refractivity (Wildman–Crippen MR) is 81.6 cm³/mol. The second kappa shape index (κ2) is 7.03. The molecule has 2 N–H and O–H groups in total. The summed E-state index contributed by atoms with van der Waals surface area (Å²) in [6, 6.07) is 3.61. The Bertz CT molecular complexity index is 660. The van der Waals surface area contributed by atoms with E-state index >= 15 is 0 Å². The molecular weight excluding hydrogens is 291 g/mol. The normalized spacial score (nSPS) is 13.1. The first-order valence-corrected chi connectivity index (χ1v) is 8.12. The molecule has 0 radical (unpaired) electrons. The van der Waals surface area contributed by atoms with Crippen molar-refractivity contribution in [3.05, 3.63) is 29.6 Å². The van der Waals surface area contributed by atoms with Gasteiger partial charge in [0.15, 0.2) is 0 Å². The minimum absolute atomic E-state index is 0.127. The van der Waals surface area contributed by atoms with Crippen LogP contribution in [0.15, 0.2) is 23.1 Å². The van der Waals surface area contributed by atoms with E-state index in [9.17, 15) is 12.8 Å². The number of hydrogen-bond acceptors (Lipinski definition) is 3. The molecule has 0 saturated heterocycles. The van der Waals surface area contributed by atoms with Gasteiger partial charge in [-0.1, -0.05) is 25.7 Å². The van der Waals surface area contributed by atoms with E-state index < -0.39 is 15.8 Å². The lowest BCUT2D eigenvalue weighted by atomic mass is 10.1. The van der Waals surface area contributed by atoms with Crippen LogP contribution in [0.3, 0.4) is 0 Å². The Labute approximate surface area is 126 Å². The average molecular weight is 312 g/mol. The fourth-order valence-corrected chi connectivity index (χ4v) is 3.27. The Hall–Kier alpha value is -1.42. The van der Waals surface area contributed by atoms with E-state index in [0.29, 0.717) is 5.56 Å². The third-order valence-electron chi connectivity index (χ3n) is 3.46. The van der Waals surface area contributed by atoms with Crippen molar-refractivity contribution in [2.24, 2.45) is 11.7 Å². The summed E-state index contributed by atoms with van der Waals surface area (Å²) < 4.78 is 40.2. The molecule has 1 unspecified atom stereocenters. The van der Waals surface area contributed by atoms with E-state index in [0.717, 1.165) is 6.07 Å². The lowest BCUT2D eigenvalue weighted by Crippen LogP contribution is -2.38. The van der Waals surface area contributed by atoms with Gasteiger partial charge in [-0.25, -0.2) is 12.8 Å². The fourth-order valence-electron chi connectivity index (χ4n) is 1.73. The lowest BCUT2D eigenvalue weighted by molar-refractivity contribution is 0.314. The van der Waals surface area contributed by atoms with Gasteiger partial charge in [0.2, 0.25) is 10.0 Å². The van der Waals surface area contributed by atoms with E-state index in [1.165, 1.54) is 23.5 Å². The van der Waals surface area contributed by atoms with Crippen molar-refractivity contribution >= 4 is 10.0 Å². The van der Waals surface area contributed by atoms with Gasteiger partial charge in [-0.2, -0.15) is 4.31 Å². The summed E-state index contributed by atoms with van der Waals surface area (Å²) in [4.78, 5) is -0.337. The zero-order chi connectivity index (χ0) is 16.2. The zero-order valence-corrected chi connectivity index (χ0v) is 13.5.